The first-order chi connectivity index (χ1) is 27.2. The number of benzene rings is 4. The third-order valence-corrected chi connectivity index (χ3v) is 8.53. The molecule has 19 heteroatoms. The average Bonchev–Trinajstić information content (AvgIpc) is 3.23. The van der Waals surface area contributed by atoms with Gasteiger partial charge in [-0.25, -0.2) is 25.2 Å². The number of aliphatic carboxylic acids is 1. The van der Waals surface area contributed by atoms with E-state index < -0.39 is 43.1 Å². The molecule has 0 saturated heterocycles. The van der Waals surface area contributed by atoms with E-state index >= 15 is 0 Å². The van der Waals surface area contributed by atoms with E-state index in [4.69, 9.17) is 64.2 Å². The molecular weight excluding hydrogens is 779 g/mol. The number of aliphatic hydroxyl groups excluding tert-OH is 2. The molecule has 2 atom stereocenters. The minimum Gasteiger partial charge on any atom is -0.480 e. The molecule has 0 bridgehead atoms. The summed E-state index contributed by atoms with van der Waals surface area (Å²) in [7, 11) is 0. The number of rotatable bonds is 10. The molecular formula is C38H34Cl2N10O7. The summed E-state index contributed by atoms with van der Waals surface area (Å²) in [5.74, 6) is 2.16. The van der Waals surface area contributed by atoms with Crippen molar-refractivity contribution in [3.63, 3.8) is 0 Å². The van der Waals surface area contributed by atoms with Gasteiger partial charge in [-0.05, 0) is 61.4 Å². The summed E-state index contributed by atoms with van der Waals surface area (Å²) in [4.78, 5) is 55.7. The van der Waals surface area contributed by atoms with E-state index in [1.54, 1.807) is 50.2 Å². The second-order valence-electron chi connectivity index (χ2n) is 11.2. The summed E-state index contributed by atoms with van der Waals surface area (Å²) < 4.78 is 0. The van der Waals surface area contributed by atoms with Crippen LogP contribution in [0.2, 0.25) is 10.0 Å². The monoisotopic (exact) mass is 812 g/mol. The molecule has 0 unspecified atom stereocenters. The molecule has 0 aliphatic rings. The lowest BCUT2D eigenvalue weighted by molar-refractivity contribution is -0.138. The maximum absolute atomic E-state index is 12.3. The first-order valence-electron chi connectivity index (χ1n) is 16.1. The Morgan fingerprint density at radius 1 is 0.719 bits per heavy atom. The van der Waals surface area contributed by atoms with Gasteiger partial charge in [0, 0.05) is 22.5 Å². The number of carboxylic acids is 1. The fourth-order valence-electron chi connectivity index (χ4n) is 4.33. The zero-order valence-corrected chi connectivity index (χ0v) is 31.6. The van der Waals surface area contributed by atoms with Gasteiger partial charge in [0.2, 0.25) is 11.4 Å². The molecule has 4 rings (SSSR count). The van der Waals surface area contributed by atoms with Crippen LogP contribution in [0.15, 0.2) is 72.8 Å². The Morgan fingerprint density at radius 2 is 1.18 bits per heavy atom. The van der Waals surface area contributed by atoms with Crippen LogP contribution in [0.5, 0.6) is 0 Å². The third-order valence-electron chi connectivity index (χ3n) is 7.58. The molecule has 0 fully saturated rings. The summed E-state index contributed by atoms with van der Waals surface area (Å²) >= 11 is 12.0. The molecule has 0 saturated carbocycles. The Labute approximate surface area is 337 Å². The van der Waals surface area contributed by atoms with Gasteiger partial charge in [0.1, 0.15) is 12.1 Å². The minimum atomic E-state index is -1.16. The van der Waals surface area contributed by atoms with Gasteiger partial charge < -0.3 is 26.0 Å². The number of hydrazine groups is 2. The Bertz CT molecular complexity index is 2260. The molecule has 17 nitrogen and oxygen atoms in total. The molecule has 3 amide bonds. The first-order valence-corrected chi connectivity index (χ1v) is 16.8. The van der Waals surface area contributed by atoms with Gasteiger partial charge in [0.25, 0.3) is 17.7 Å². The van der Waals surface area contributed by atoms with Crippen molar-refractivity contribution < 1.29 is 34.5 Å². The van der Waals surface area contributed by atoms with E-state index in [1.165, 1.54) is 36.4 Å². The van der Waals surface area contributed by atoms with E-state index in [-0.39, 0.29) is 27.2 Å². The van der Waals surface area contributed by atoms with E-state index in [0.717, 1.165) is 0 Å². The molecule has 57 heavy (non-hydrogen) atoms. The molecule has 0 aliphatic carbocycles. The lowest BCUT2D eigenvalue weighted by atomic mass is 10.1. The molecule has 0 radical (unpaired) electrons. The summed E-state index contributed by atoms with van der Waals surface area (Å²) in [6, 6.07) is 18.0. The predicted molar refractivity (Wildman–Crippen MR) is 213 cm³/mol. The summed E-state index contributed by atoms with van der Waals surface area (Å²) in [5.41, 5.74) is 10.8. The van der Waals surface area contributed by atoms with Crippen LogP contribution in [-0.2, 0) is 9.59 Å². The van der Waals surface area contributed by atoms with E-state index in [1.807, 2.05) is 11.5 Å². The average molecular weight is 814 g/mol. The van der Waals surface area contributed by atoms with Crippen molar-refractivity contribution in [1.29, 1.82) is 5.26 Å². The van der Waals surface area contributed by atoms with E-state index in [2.05, 4.69) is 36.0 Å². The van der Waals surface area contributed by atoms with Crippen LogP contribution >= 0.6 is 23.2 Å². The Hall–Kier alpha value is -7.22. The highest BCUT2D eigenvalue weighted by Gasteiger charge is 2.21. The number of nitrogen functional groups attached to an aromatic ring is 1. The topological polar surface area (TPSA) is 252 Å². The van der Waals surface area contributed by atoms with Crippen molar-refractivity contribution in [2.24, 2.45) is 5.84 Å². The smallest absolute Gasteiger partial charge is 0.328 e. The number of nitrogens with zero attached hydrogens (tertiary/aromatic N) is 4. The summed E-state index contributed by atoms with van der Waals surface area (Å²) in [5, 5.41) is 42.0. The number of nitrogens with one attached hydrogen (secondary N) is 5. The normalized spacial score (nSPS) is 10.6. The highest BCUT2D eigenvalue weighted by Crippen LogP contribution is 2.34. The zero-order valence-electron chi connectivity index (χ0n) is 30.1. The molecule has 4 aromatic carbocycles. The van der Waals surface area contributed by atoms with Gasteiger partial charge in [-0.3, -0.25) is 30.7 Å². The number of hydrogen-bond donors (Lipinski definition) is 9. The molecule has 292 valence electrons. The molecule has 4 aromatic rings. The van der Waals surface area contributed by atoms with Gasteiger partial charge >= 0.3 is 5.97 Å². The van der Waals surface area contributed by atoms with Crippen LogP contribution in [0.3, 0.4) is 0 Å². The third kappa shape index (κ3) is 13.2. The zero-order chi connectivity index (χ0) is 42.7. The van der Waals surface area contributed by atoms with Crippen molar-refractivity contribution in [3.8, 4) is 6.07 Å². The minimum absolute atomic E-state index is 0.255. The highest BCUT2D eigenvalue weighted by atomic mass is 35.5. The quantitative estimate of drug-likeness (QED) is 0.0435. The highest BCUT2D eigenvalue weighted by molar-refractivity contribution is 6.35. The van der Waals surface area contributed by atoms with E-state index in [9.17, 15) is 24.3 Å². The van der Waals surface area contributed by atoms with Crippen LogP contribution in [-0.4, -0.2) is 64.3 Å². The number of carbonyl (C=O) groups excluding carboxylic acids is 3. The number of amides is 3. The molecule has 10 N–H and O–H groups in total. The fraction of sp³-hybridized carbons (Fsp3) is 0.158. The second-order valence-corrected chi connectivity index (χ2v) is 12.0. The number of nitriles is 1. The van der Waals surface area contributed by atoms with Gasteiger partial charge in [-0.1, -0.05) is 59.6 Å². The number of halogens is 2. The number of carbonyl (C=O) groups is 4. The second kappa shape index (κ2) is 22.9. The van der Waals surface area contributed by atoms with E-state index in [0.29, 0.717) is 45.0 Å². The lowest BCUT2D eigenvalue weighted by Crippen LogP contribution is -2.50. The Morgan fingerprint density at radius 3 is 1.58 bits per heavy atom. The van der Waals surface area contributed by atoms with Crippen LogP contribution < -0.4 is 32.8 Å². The number of nitrogens with two attached hydrogens (primary N) is 1. The largest absolute Gasteiger partial charge is 0.480 e. The fourth-order valence-corrected chi connectivity index (χ4v) is 4.74. The van der Waals surface area contributed by atoms with Crippen molar-refractivity contribution in [3.05, 3.63) is 145 Å². The van der Waals surface area contributed by atoms with Gasteiger partial charge in [-0.2, -0.15) is 5.26 Å². The number of carboxylic acid groups (broad SMARTS) is 1. The van der Waals surface area contributed by atoms with Crippen LogP contribution in [0.25, 0.3) is 14.5 Å². The van der Waals surface area contributed by atoms with Crippen molar-refractivity contribution >= 4 is 75.3 Å². The van der Waals surface area contributed by atoms with Crippen LogP contribution in [0.1, 0.15) is 37.4 Å². The molecule has 0 aliphatic heterocycles. The van der Waals surface area contributed by atoms with Crippen molar-refractivity contribution in [2.45, 2.75) is 25.9 Å². The van der Waals surface area contributed by atoms with Gasteiger partial charge in [0.15, 0.2) is 5.69 Å². The maximum atomic E-state index is 12.3. The molecule has 0 aromatic heterocycles. The lowest BCUT2D eigenvalue weighted by Gasteiger charge is -2.19. The standard InChI is InChI=1S/C19H16ClN5O3.C11H11ClN2O3.C8H7N3O/c1-11-14(7-8-15(22-2)17(11)20)23-16(10-26)19(28)25-24-18(27)13-5-3-12(9-21)4-6-13;1-6-7(14-9(5-15)11(16)17)3-4-8(13-2)10(6)12;1-10-7-4-2-6(3-5-7)8(12)11-9/h3-8,16,23,26H,10H2,1H3,(H,24,27)(H,25,28);3-4,9,14-15H,5H2,1H3,(H,16,17);2-5H,9H2,(H,11,12)/t16-;9-;/m11./s1. The predicted octanol–water partition coefficient (Wildman–Crippen LogP) is 5.20. The SMILES string of the molecule is [C-]#[N+]c1ccc(C(=O)NN)cc1.[C-]#[N+]c1ccc(N[C@H](CO)C(=O)NNC(=O)c2ccc(C#N)cc2)c(C)c1Cl.[C-]#[N+]c1ccc(N[C@H](CO)C(=O)O)c(C)c1Cl. The maximum Gasteiger partial charge on any atom is 0.328 e. The number of hydrogen-bond acceptors (Lipinski definition) is 10. The summed E-state index contributed by atoms with van der Waals surface area (Å²) in [6.45, 7) is 22.9. The molecule has 0 heterocycles. The van der Waals surface area contributed by atoms with Gasteiger partial charge in [-0.15, -0.1) is 0 Å². The van der Waals surface area contributed by atoms with Gasteiger partial charge in [0.05, 0.1) is 54.6 Å². The van der Waals surface area contributed by atoms with Crippen LogP contribution in [0, 0.1) is 44.9 Å². The van der Waals surface area contributed by atoms with Crippen molar-refractivity contribution in [2.75, 3.05) is 23.8 Å². The summed E-state index contributed by atoms with van der Waals surface area (Å²) in [6.07, 6.45) is 0. The molecule has 0 spiro atoms. The van der Waals surface area contributed by atoms with Crippen LogP contribution in [0.4, 0.5) is 28.4 Å². The Balaban J connectivity index is 0.000000327. The number of anilines is 2. The first kappa shape index (κ1) is 45.9. The van der Waals surface area contributed by atoms with Crippen molar-refractivity contribution in [1.82, 2.24) is 16.3 Å². The Kier molecular flexibility index (Phi) is 18.4. The number of aliphatic hydroxyl groups is 2.